The molecule has 0 aliphatic carbocycles. The average Bonchev–Trinajstić information content (AvgIpc) is 2.44. The first-order valence-electron chi connectivity index (χ1n) is 6.47. The van der Waals surface area contributed by atoms with E-state index in [1.165, 1.54) is 12.1 Å². The van der Waals surface area contributed by atoms with Crippen LogP contribution in [0.25, 0.3) is 0 Å². The van der Waals surface area contributed by atoms with Crippen LogP contribution in [0.5, 0.6) is 0 Å². The minimum absolute atomic E-state index is 0.291. The van der Waals surface area contributed by atoms with Crippen LogP contribution in [0.15, 0.2) is 23.4 Å². The zero-order chi connectivity index (χ0) is 16.4. The van der Waals surface area contributed by atoms with E-state index in [0.29, 0.717) is 5.69 Å². The Kier molecular flexibility index (Phi) is 4.76. The Labute approximate surface area is 122 Å². The van der Waals surface area contributed by atoms with Gasteiger partial charge < -0.3 is 15.8 Å². The van der Waals surface area contributed by atoms with Gasteiger partial charge in [-0.2, -0.15) is 13.2 Å². The van der Waals surface area contributed by atoms with E-state index in [1.54, 1.807) is 11.9 Å². The smallest absolute Gasteiger partial charge is 0.409 e. The van der Waals surface area contributed by atoms with Crippen molar-refractivity contribution >= 4 is 11.5 Å². The molecule has 0 aliphatic heterocycles. The molecule has 21 heavy (non-hydrogen) atoms. The van der Waals surface area contributed by atoms with Crippen molar-refractivity contribution in [3.63, 3.8) is 0 Å². The van der Waals surface area contributed by atoms with E-state index in [4.69, 9.17) is 10.9 Å². The molecule has 0 heterocycles. The summed E-state index contributed by atoms with van der Waals surface area (Å²) in [6.45, 7) is 5.85. The monoisotopic (exact) mass is 303 g/mol. The number of benzene rings is 1. The number of nitrogens with zero attached hydrogens (tertiary/aromatic N) is 2. The molecule has 118 valence electrons. The summed E-state index contributed by atoms with van der Waals surface area (Å²) in [6.07, 6.45) is -3.81. The van der Waals surface area contributed by atoms with E-state index in [2.05, 4.69) is 5.16 Å². The predicted molar refractivity (Wildman–Crippen MR) is 76.7 cm³/mol. The van der Waals surface area contributed by atoms with E-state index in [-0.39, 0.29) is 11.1 Å². The molecule has 0 unspecified atom stereocenters. The molecule has 1 aromatic rings. The fourth-order valence-electron chi connectivity index (χ4n) is 1.84. The summed E-state index contributed by atoms with van der Waals surface area (Å²) in [4.78, 5) is 1.78. The van der Waals surface area contributed by atoms with Crippen LogP contribution < -0.4 is 10.6 Å². The lowest BCUT2D eigenvalue weighted by molar-refractivity contribution is -0.137. The lowest BCUT2D eigenvalue weighted by Crippen LogP contribution is -2.40. The standard InChI is InChI=1S/C14H20F3N3O/c1-5-13(2,3)20(4)9-6-7-10(12(18)19-21)11(8-9)14(15,16)17/h6-8,21H,5H2,1-4H3,(H2,18,19). The zero-order valence-electron chi connectivity index (χ0n) is 12.5. The second-order valence-corrected chi connectivity index (χ2v) is 5.44. The fourth-order valence-corrected chi connectivity index (χ4v) is 1.84. The molecule has 0 amide bonds. The highest BCUT2D eigenvalue weighted by molar-refractivity contribution is 5.99. The highest BCUT2D eigenvalue weighted by atomic mass is 19.4. The summed E-state index contributed by atoms with van der Waals surface area (Å²) in [5.74, 6) is -0.564. The maximum absolute atomic E-state index is 13.2. The van der Waals surface area contributed by atoms with Crippen molar-refractivity contribution < 1.29 is 18.4 Å². The van der Waals surface area contributed by atoms with E-state index in [9.17, 15) is 13.2 Å². The third-order valence-corrected chi connectivity index (χ3v) is 3.85. The predicted octanol–water partition coefficient (Wildman–Crippen LogP) is 3.42. The van der Waals surface area contributed by atoms with Crippen LogP contribution in [0.3, 0.4) is 0 Å². The van der Waals surface area contributed by atoms with Gasteiger partial charge in [0.15, 0.2) is 5.84 Å². The Hall–Kier alpha value is -1.92. The Bertz CT molecular complexity index is 539. The van der Waals surface area contributed by atoms with Crippen molar-refractivity contribution in [1.29, 1.82) is 0 Å². The average molecular weight is 303 g/mol. The van der Waals surface area contributed by atoms with Crippen LogP contribution in [0.4, 0.5) is 18.9 Å². The van der Waals surface area contributed by atoms with Crippen LogP contribution in [-0.4, -0.2) is 23.6 Å². The van der Waals surface area contributed by atoms with Gasteiger partial charge in [0.25, 0.3) is 0 Å². The second kappa shape index (κ2) is 5.83. The van der Waals surface area contributed by atoms with Crippen LogP contribution in [-0.2, 0) is 6.18 Å². The second-order valence-electron chi connectivity index (χ2n) is 5.44. The van der Waals surface area contributed by atoms with Crippen molar-refractivity contribution in [2.75, 3.05) is 11.9 Å². The molecule has 1 aromatic carbocycles. The van der Waals surface area contributed by atoms with Gasteiger partial charge in [0, 0.05) is 23.8 Å². The topological polar surface area (TPSA) is 61.8 Å². The number of nitrogens with two attached hydrogens (primary N) is 1. The van der Waals surface area contributed by atoms with Gasteiger partial charge in [0.1, 0.15) is 0 Å². The van der Waals surface area contributed by atoms with Crippen LogP contribution in [0.2, 0.25) is 0 Å². The van der Waals surface area contributed by atoms with Gasteiger partial charge in [0.2, 0.25) is 0 Å². The van der Waals surface area contributed by atoms with Gasteiger partial charge >= 0.3 is 6.18 Å². The molecule has 1 rings (SSSR count). The normalized spacial score (nSPS) is 13.4. The molecule has 0 saturated heterocycles. The van der Waals surface area contributed by atoms with Crippen molar-refractivity contribution in [3.05, 3.63) is 29.3 Å². The van der Waals surface area contributed by atoms with Crippen LogP contribution in [0, 0.1) is 0 Å². The lowest BCUT2D eigenvalue weighted by atomic mass is 9.97. The van der Waals surface area contributed by atoms with Crippen molar-refractivity contribution in [1.82, 2.24) is 0 Å². The molecule has 0 fully saturated rings. The quantitative estimate of drug-likeness (QED) is 0.388. The molecule has 0 saturated carbocycles. The Morgan fingerprint density at radius 2 is 1.90 bits per heavy atom. The number of amidine groups is 1. The molecule has 0 spiro atoms. The van der Waals surface area contributed by atoms with E-state index in [1.807, 2.05) is 20.8 Å². The molecule has 0 bridgehead atoms. The minimum atomic E-state index is -4.59. The van der Waals surface area contributed by atoms with Gasteiger partial charge in [-0.15, -0.1) is 0 Å². The highest BCUT2D eigenvalue weighted by Crippen LogP contribution is 2.36. The first kappa shape index (κ1) is 17.1. The number of alkyl halides is 3. The number of anilines is 1. The summed E-state index contributed by atoms with van der Waals surface area (Å²) < 4.78 is 39.5. The number of halogens is 3. The summed E-state index contributed by atoms with van der Waals surface area (Å²) in [5, 5.41) is 11.3. The largest absolute Gasteiger partial charge is 0.417 e. The zero-order valence-corrected chi connectivity index (χ0v) is 12.5. The number of rotatable bonds is 4. The van der Waals surface area contributed by atoms with Crippen molar-refractivity contribution in [3.8, 4) is 0 Å². The molecule has 0 aliphatic rings. The number of oxime groups is 1. The SMILES string of the molecule is CCC(C)(C)N(C)c1ccc(C(N)=NO)c(C(F)(F)F)c1. The summed E-state index contributed by atoms with van der Waals surface area (Å²) >= 11 is 0. The van der Waals surface area contributed by atoms with Crippen LogP contribution in [0.1, 0.15) is 38.3 Å². The molecule has 0 radical (unpaired) electrons. The maximum Gasteiger partial charge on any atom is 0.417 e. The molecule has 3 N–H and O–H groups in total. The first-order chi connectivity index (χ1) is 9.54. The molecule has 7 heteroatoms. The molecular weight excluding hydrogens is 283 g/mol. The highest BCUT2D eigenvalue weighted by Gasteiger charge is 2.35. The van der Waals surface area contributed by atoms with Crippen LogP contribution >= 0.6 is 0 Å². The van der Waals surface area contributed by atoms with Crippen molar-refractivity contribution in [2.45, 2.75) is 38.9 Å². The first-order valence-corrected chi connectivity index (χ1v) is 6.47. The maximum atomic E-state index is 13.2. The third-order valence-electron chi connectivity index (χ3n) is 3.85. The molecule has 4 nitrogen and oxygen atoms in total. The number of hydrogen-bond acceptors (Lipinski definition) is 3. The van der Waals surface area contributed by atoms with E-state index >= 15 is 0 Å². The number of hydrogen-bond donors (Lipinski definition) is 2. The summed E-state index contributed by atoms with van der Waals surface area (Å²) in [6, 6.07) is 3.76. The van der Waals surface area contributed by atoms with Gasteiger partial charge in [-0.05, 0) is 38.5 Å². The summed E-state index contributed by atoms with van der Waals surface area (Å²) in [7, 11) is 1.74. The Balaban J connectivity index is 3.42. The molecular formula is C14H20F3N3O. The summed E-state index contributed by atoms with van der Waals surface area (Å²) in [5.41, 5.74) is 4.19. The minimum Gasteiger partial charge on any atom is -0.409 e. The third kappa shape index (κ3) is 3.59. The fraction of sp³-hybridized carbons (Fsp3) is 0.500. The molecule has 0 aromatic heterocycles. The Morgan fingerprint density at radius 1 is 1.33 bits per heavy atom. The van der Waals surface area contributed by atoms with Gasteiger partial charge in [-0.3, -0.25) is 0 Å². The van der Waals surface area contributed by atoms with Crippen molar-refractivity contribution in [2.24, 2.45) is 10.9 Å². The van der Waals surface area contributed by atoms with Gasteiger partial charge in [0.05, 0.1) is 5.56 Å². The Morgan fingerprint density at radius 3 is 2.33 bits per heavy atom. The van der Waals surface area contributed by atoms with Gasteiger partial charge in [-0.1, -0.05) is 12.1 Å². The van der Waals surface area contributed by atoms with E-state index in [0.717, 1.165) is 12.5 Å². The van der Waals surface area contributed by atoms with E-state index < -0.39 is 17.6 Å². The molecule has 0 atom stereocenters. The van der Waals surface area contributed by atoms with Gasteiger partial charge in [-0.25, -0.2) is 0 Å². The lowest BCUT2D eigenvalue weighted by Gasteiger charge is -2.37.